The van der Waals surface area contributed by atoms with Crippen molar-refractivity contribution in [3.63, 3.8) is 0 Å². The molecule has 0 aliphatic carbocycles. The van der Waals surface area contributed by atoms with Crippen molar-refractivity contribution in [3.05, 3.63) is 41.6 Å². The lowest BCUT2D eigenvalue weighted by atomic mass is 10.1. The van der Waals surface area contributed by atoms with Crippen LogP contribution in [0.15, 0.2) is 30.5 Å². The number of anilines is 1. The van der Waals surface area contributed by atoms with Crippen molar-refractivity contribution < 1.29 is 9.90 Å². The Hall–Kier alpha value is -2.93. The lowest BCUT2D eigenvalue weighted by molar-refractivity contribution is 0.0584. The molecule has 2 aromatic heterocycles. The molecule has 0 spiro atoms. The normalized spacial score (nSPS) is 11.8. The van der Waals surface area contributed by atoms with Crippen LogP contribution >= 0.6 is 0 Å². The van der Waals surface area contributed by atoms with Gasteiger partial charge in [0.1, 0.15) is 17.1 Å². The Morgan fingerprint density at radius 3 is 2.68 bits per heavy atom. The molecule has 1 aromatic carbocycles. The smallest absolute Gasteiger partial charge is 0.254 e. The van der Waals surface area contributed by atoms with Crippen molar-refractivity contribution in [1.82, 2.24) is 14.8 Å². The van der Waals surface area contributed by atoms with E-state index in [9.17, 15) is 9.90 Å². The number of rotatable bonds is 4. The van der Waals surface area contributed by atoms with Crippen LogP contribution in [0.25, 0.3) is 22.2 Å². The first-order valence-corrected chi connectivity index (χ1v) is 7.91. The van der Waals surface area contributed by atoms with Gasteiger partial charge in [0.2, 0.25) is 0 Å². The number of aliphatic hydroxyl groups is 1. The molecule has 5 N–H and O–H groups in total. The molecule has 0 bridgehead atoms. The number of nitrogens with two attached hydrogens (primary N) is 2. The van der Waals surface area contributed by atoms with Crippen LogP contribution in [0.4, 0.5) is 5.82 Å². The molecule has 0 unspecified atom stereocenters. The monoisotopic (exact) mass is 339 g/mol. The highest BCUT2D eigenvalue weighted by Gasteiger charge is 2.25. The average molecular weight is 339 g/mol. The number of hydrogen-bond donors (Lipinski definition) is 3. The van der Waals surface area contributed by atoms with Gasteiger partial charge in [0.05, 0.1) is 17.7 Å². The third-order valence-electron chi connectivity index (χ3n) is 3.89. The zero-order chi connectivity index (χ0) is 18.4. The molecule has 0 aliphatic rings. The van der Waals surface area contributed by atoms with Gasteiger partial charge in [-0.2, -0.15) is 5.10 Å². The summed E-state index contributed by atoms with van der Waals surface area (Å²) in [5.74, 6) is -0.535. The van der Waals surface area contributed by atoms with E-state index in [1.165, 1.54) is 4.68 Å². The predicted molar refractivity (Wildman–Crippen MR) is 96.9 cm³/mol. The Balaban J connectivity index is 2.17. The lowest BCUT2D eigenvalue weighted by Crippen LogP contribution is -2.27. The molecule has 1 amide bonds. The fraction of sp³-hybridized carbons (Fsp3) is 0.278. The Morgan fingerprint density at radius 1 is 1.32 bits per heavy atom. The van der Waals surface area contributed by atoms with Gasteiger partial charge in [-0.25, -0.2) is 4.68 Å². The number of primary amides is 1. The molecule has 3 rings (SSSR count). The summed E-state index contributed by atoms with van der Waals surface area (Å²) in [5, 5.41) is 15.4. The number of carbonyl (C=O) groups is 1. The lowest BCUT2D eigenvalue weighted by Gasteiger charge is -2.17. The fourth-order valence-corrected chi connectivity index (χ4v) is 2.77. The molecule has 7 heteroatoms. The van der Waals surface area contributed by atoms with Crippen LogP contribution in [0.3, 0.4) is 0 Å². The first-order chi connectivity index (χ1) is 11.7. The molecule has 130 valence electrons. The van der Waals surface area contributed by atoms with Gasteiger partial charge >= 0.3 is 0 Å². The summed E-state index contributed by atoms with van der Waals surface area (Å²) in [6.45, 7) is 5.41. The van der Waals surface area contributed by atoms with E-state index in [-0.39, 0.29) is 17.9 Å². The van der Waals surface area contributed by atoms with E-state index in [2.05, 4.69) is 10.1 Å². The minimum Gasteiger partial charge on any atom is -0.389 e. The van der Waals surface area contributed by atoms with Crippen LogP contribution in [0, 0.1) is 6.92 Å². The minimum absolute atomic E-state index is 0.133. The fourth-order valence-electron chi connectivity index (χ4n) is 2.77. The number of amides is 1. The Kier molecular flexibility index (Phi) is 3.96. The molecule has 3 aromatic rings. The highest BCUT2D eigenvalue weighted by Crippen LogP contribution is 2.29. The molecular weight excluding hydrogens is 318 g/mol. The summed E-state index contributed by atoms with van der Waals surface area (Å²) in [5.41, 5.74) is 13.6. The average Bonchev–Trinajstić information content (AvgIpc) is 2.82. The maximum Gasteiger partial charge on any atom is 0.254 e. The summed E-state index contributed by atoms with van der Waals surface area (Å²) in [6, 6.07) is 7.83. The SMILES string of the molecule is Cc1ccc2cc(-c3nn(CC(C)(C)O)c(N)c3C(N)=O)cnc2c1. The molecule has 0 fully saturated rings. The van der Waals surface area contributed by atoms with E-state index < -0.39 is 11.5 Å². The number of pyridine rings is 1. The van der Waals surface area contributed by atoms with Crippen molar-refractivity contribution in [2.75, 3.05) is 5.73 Å². The van der Waals surface area contributed by atoms with E-state index in [1.807, 2.05) is 31.2 Å². The Labute approximate surface area is 145 Å². The van der Waals surface area contributed by atoms with Crippen molar-refractivity contribution in [3.8, 4) is 11.3 Å². The predicted octanol–water partition coefficient (Wildman–Crippen LogP) is 1.86. The maximum absolute atomic E-state index is 11.9. The first kappa shape index (κ1) is 16.9. The second-order valence-electron chi connectivity index (χ2n) is 6.86. The van der Waals surface area contributed by atoms with E-state index in [1.54, 1.807) is 20.0 Å². The number of nitrogen functional groups attached to an aromatic ring is 1. The van der Waals surface area contributed by atoms with E-state index in [0.29, 0.717) is 11.3 Å². The number of aromatic nitrogens is 3. The summed E-state index contributed by atoms with van der Waals surface area (Å²) < 4.78 is 1.40. The van der Waals surface area contributed by atoms with Crippen LogP contribution in [-0.4, -0.2) is 31.4 Å². The van der Waals surface area contributed by atoms with Crippen LogP contribution in [0.2, 0.25) is 0 Å². The first-order valence-electron chi connectivity index (χ1n) is 7.91. The van der Waals surface area contributed by atoms with Crippen LogP contribution in [0.5, 0.6) is 0 Å². The highest BCUT2D eigenvalue weighted by atomic mass is 16.3. The maximum atomic E-state index is 11.9. The zero-order valence-corrected chi connectivity index (χ0v) is 14.4. The van der Waals surface area contributed by atoms with Crippen molar-refractivity contribution >= 4 is 22.6 Å². The molecule has 7 nitrogen and oxygen atoms in total. The molecule has 0 atom stereocenters. The molecule has 0 saturated carbocycles. The quantitative estimate of drug-likeness (QED) is 0.670. The van der Waals surface area contributed by atoms with Crippen LogP contribution < -0.4 is 11.5 Å². The van der Waals surface area contributed by atoms with E-state index in [4.69, 9.17) is 11.5 Å². The Bertz CT molecular complexity index is 969. The largest absolute Gasteiger partial charge is 0.389 e. The van der Waals surface area contributed by atoms with Gasteiger partial charge in [-0.05, 0) is 38.5 Å². The number of aryl methyl sites for hydroxylation is 1. The highest BCUT2D eigenvalue weighted by molar-refractivity contribution is 6.03. The van der Waals surface area contributed by atoms with Gasteiger partial charge in [-0.15, -0.1) is 0 Å². The zero-order valence-electron chi connectivity index (χ0n) is 14.4. The van der Waals surface area contributed by atoms with Gasteiger partial charge in [-0.1, -0.05) is 12.1 Å². The summed E-state index contributed by atoms with van der Waals surface area (Å²) in [6.07, 6.45) is 1.64. The summed E-state index contributed by atoms with van der Waals surface area (Å²) in [4.78, 5) is 16.3. The Morgan fingerprint density at radius 2 is 2.04 bits per heavy atom. The third kappa shape index (κ3) is 3.32. The van der Waals surface area contributed by atoms with E-state index >= 15 is 0 Å². The second-order valence-corrected chi connectivity index (χ2v) is 6.86. The van der Waals surface area contributed by atoms with Crippen molar-refractivity contribution in [1.29, 1.82) is 0 Å². The summed E-state index contributed by atoms with van der Waals surface area (Å²) in [7, 11) is 0. The number of nitrogens with zero attached hydrogens (tertiary/aromatic N) is 3. The molecular formula is C18H21N5O2. The second kappa shape index (κ2) is 5.86. The number of benzene rings is 1. The van der Waals surface area contributed by atoms with Gasteiger partial charge in [0.15, 0.2) is 0 Å². The van der Waals surface area contributed by atoms with Gasteiger partial charge in [0.25, 0.3) is 5.91 Å². The van der Waals surface area contributed by atoms with Crippen molar-refractivity contribution in [2.45, 2.75) is 32.9 Å². The minimum atomic E-state index is -1.04. The van der Waals surface area contributed by atoms with Crippen LogP contribution in [0.1, 0.15) is 29.8 Å². The van der Waals surface area contributed by atoms with Gasteiger partial charge in [-0.3, -0.25) is 9.78 Å². The molecule has 25 heavy (non-hydrogen) atoms. The van der Waals surface area contributed by atoms with Gasteiger partial charge < -0.3 is 16.6 Å². The summed E-state index contributed by atoms with van der Waals surface area (Å²) >= 11 is 0. The molecule has 0 aliphatic heterocycles. The molecule has 0 radical (unpaired) electrons. The number of fused-ring (bicyclic) bond motifs is 1. The van der Waals surface area contributed by atoms with Gasteiger partial charge in [0, 0.05) is 17.1 Å². The standard InChI is InChI=1S/C18H21N5O2/c1-10-4-5-11-7-12(8-21-13(11)6-10)15-14(17(20)24)16(19)23(22-15)9-18(2,3)25/h4-8,25H,9,19H2,1-3H3,(H2,20,24). The topological polar surface area (TPSA) is 120 Å². The van der Waals surface area contributed by atoms with E-state index in [0.717, 1.165) is 16.5 Å². The van der Waals surface area contributed by atoms with Crippen LogP contribution in [-0.2, 0) is 6.54 Å². The van der Waals surface area contributed by atoms with Crippen molar-refractivity contribution in [2.24, 2.45) is 5.73 Å². The molecule has 2 heterocycles. The number of hydrogen-bond acceptors (Lipinski definition) is 5. The number of carbonyl (C=O) groups excluding carboxylic acids is 1. The third-order valence-corrected chi connectivity index (χ3v) is 3.89. The molecule has 0 saturated heterocycles.